The number of rotatable bonds is 6. The van der Waals surface area contributed by atoms with Gasteiger partial charge in [-0.1, -0.05) is 48.3 Å². The van der Waals surface area contributed by atoms with Crippen molar-refractivity contribution in [2.75, 3.05) is 6.54 Å². The fraction of sp³-hybridized carbons (Fsp3) is 0.647. The fourth-order valence-corrected chi connectivity index (χ4v) is 2.53. The maximum Gasteiger partial charge on any atom is 0.0178 e. The van der Waals surface area contributed by atoms with Crippen LogP contribution in [0, 0.1) is 5.92 Å². The van der Waals surface area contributed by atoms with Crippen molar-refractivity contribution in [3.05, 3.63) is 34.3 Å². The van der Waals surface area contributed by atoms with Crippen molar-refractivity contribution in [3.8, 4) is 0 Å². The zero-order chi connectivity index (χ0) is 14.5. The van der Waals surface area contributed by atoms with E-state index in [0.717, 1.165) is 12.5 Å². The monoisotopic (exact) mass is 325 g/mol. The molecule has 1 atom stereocenters. The van der Waals surface area contributed by atoms with Crippen LogP contribution in [-0.2, 0) is 0 Å². The Morgan fingerprint density at radius 3 is 2.37 bits per heavy atom. The first-order chi connectivity index (χ1) is 8.78. The standard InChI is InChI=1S/C17H28BrN/c1-13(2)9-10-15(12-19-17(3,4)5)14-7-6-8-16(18)11-14/h6-8,11,13,15,19H,9-10,12H2,1-5H3. The quantitative estimate of drug-likeness (QED) is 0.742. The molecule has 1 unspecified atom stereocenters. The molecule has 0 amide bonds. The van der Waals surface area contributed by atoms with Crippen molar-refractivity contribution in [1.29, 1.82) is 0 Å². The lowest BCUT2D eigenvalue weighted by molar-refractivity contribution is 0.387. The maximum absolute atomic E-state index is 3.65. The highest BCUT2D eigenvalue weighted by Crippen LogP contribution is 2.26. The number of nitrogens with one attached hydrogen (secondary N) is 1. The first-order valence-electron chi connectivity index (χ1n) is 7.28. The smallest absolute Gasteiger partial charge is 0.0178 e. The van der Waals surface area contributed by atoms with Crippen molar-refractivity contribution >= 4 is 15.9 Å². The minimum absolute atomic E-state index is 0.183. The van der Waals surface area contributed by atoms with Gasteiger partial charge in [0.15, 0.2) is 0 Å². The van der Waals surface area contributed by atoms with Crippen LogP contribution in [0.15, 0.2) is 28.7 Å². The largest absolute Gasteiger partial charge is 0.311 e. The topological polar surface area (TPSA) is 12.0 Å². The molecule has 0 radical (unpaired) electrons. The van der Waals surface area contributed by atoms with Crippen LogP contribution in [0.3, 0.4) is 0 Å². The summed E-state index contributed by atoms with van der Waals surface area (Å²) in [5.41, 5.74) is 1.62. The van der Waals surface area contributed by atoms with E-state index in [1.54, 1.807) is 0 Å². The van der Waals surface area contributed by atoms with Gasteiger partial charge in [-0.25, -0.2) is 0 Å². The van der Waals surface area contributed by atoms with Crippen LogP contribution in [0.25, 0.3) is 0 Å². The first kappa shape index (κ1) is 16.7. The molecule has 0 saturated heterocycles. The molecule has 0 aliphatic carbocycles. The molecule has 1 aromatic rings. The van der Waals surface area contributed by atoms with E-state index in [-0.39, 0.29) is 5.54 Å². The highest BCUT2D eigenvalue weighted by Gasteiger charge is 2.16. The van der Waals surface area contributed by atoms with Gasteiger partial charge < -0.3 is 5.32 Å². The summed E-state index contributed by atoms with van der Waals surface area (Å²) >= 11 is 3.58. The van der Waals surface area contributed by atoms with Crippen LogP contribution in [0.2, 0.25) is 0 Å². The summed E-state index contributed by atoms with van der Waals surface area (Å²) in [7, 11) is 0. The summed E-state index contributed by atoms with van der Waals surface area (Å²) in [5, 5.41) is 3.65. The average molecular weight is 326 g/mol. The molecule has 19 heavy (non-hydrogen) atoms. The highest BCUT2D eigenvalue weighted by molar-refractivity contribution is 9.10. The van der Waals surface area contributed by atoms with Crippen LogP contribution in [0.5, 0.6) is 0 Å². The van der Waals surface area contributed by atoms with Gasteiger partial charge in [-0.3, -0.25) is 0 Å². The first-order valence-corrected chi connectivity index (χ1v) is 8.08. The Bertz CT molecular complexity index is 379. The fourth-order valence-electron chi connectivity index (χ4n) is 2.11. The van der Waals surface area contributed by atoms with E-state index in [1.807, 2.05) is 0 Å². The third-order valence-corrected chi connectivity index (χ3v) is 3.78. The third-order valence-electron chi connectivity index (χ3n) is 3.29. The Balaban J connectivity index is 2.73. The number of hydrogen-bond donors (Lipinski definition) is 1. The van der Waals surface area contributed by atoms with Crippen molar-refractivity contribution in [3.63, 3.8) is 0 Å². The van der Waals surface area contributed by atoms with Gasteiger partial charge in [0, 0.05) is 16.6 Å². The molecule has 0 fully saturated rings. The molecule has 108 valence electrons. The molecular weight excluding hydrogens is 298 g/mol. The number of hydrogen-bond acceptors (Lipinski definition) is 1. The van der Waals surface area contributed by atoms with Crippen LogP contribution in [-0.4, -0.2) is 12.1 Å². The summed E-state index contributed by atoms with van der Waals surface area (Å²) < 4.78 is 1.18. The lowest BCUT2D eigenvalue weighted by Gasteiger charge is -2.26. The number of halogens is 1. The molecule has 2 heteroatoms. The molecule has 0 aromatic heterocycles. The van der Waals surface area contributed by atoms with Crippen LogP contribution < -0.4 is 5.32 Å². The molecule has 1 aromatic carbocycles. The zero-order valence-electron chi connectivity index (χ0n) is 13.0. The Hall–Kier alpha value is -0.340. The molecule has 0 aliphatic rings. The molecule has 0 saturated carbocycles. The molecule has 0 aliphatic heterocycles. The minimum atomic E-state index is 0.183. The third kappa shape index (κ3) is 7.12. The van der Waals surface area contributed by atoms with Gasteiger partial charge in [0.1, 0.15) is 0 Å². The molecule has 0 heterocycles. The van der Waals surface area contributed by atoms with Crippen LogP contribution in [0.1, 0.15) is 58.9 Å². The maximum atomic E-state index is 3.65. The molecule has 0 spiro atoms. The molecule has 1 N–H and O–H groups in total. The Morgan fingerprint density at radius 1 is 1.16 bits per heavy atom. The van der Waals surface area contributed by atoms with E-state index in [2.05, 4.69) is 80.1 Å². The van der Waals surface area contributed by atoms with E-state index >= 15 is 0 Å². The summed E-state index contributed by atoms with van der Waals surface area (Å²) in [5.74, 6) is 1.36. The van der Waals surface area contributed by atoms with E-state index in [9.17, 15) is 0 Å². The molecule has 0 bridgehead atoms. The molecule has 1 nitrogen and oxygen atoms in total. The molecule has 1 rings (SSSR count). The van der Waals surface area contributed by atoms with Gasteiger partial charge in [0.05, 0.1) is 0 Å². The second-order valence-electron chi connectivity index (χ2n) is 6.85. The second-order valence-corrected chi connectivity index (χ2v) is 7.77. The predicted molar refractivity (Wildman–Crippen MR) is 88.7 cm³/mol. The van der Waals surface area contributed by atoms with Crippen molar-refractivity contribution in [2.24, 2.45) is 5.92 Å². The van der Waals surface area contributed by atoms with E-state index < -0.39 is 0 Å². The lowest BCUT2D eigenvalue weighted by Crippen LogP contribution is -2.38. The Morgan fingerprint density at radius 2 is 1.84 bits per heavy atom. The van der Waals surface area contributed by atoms with Gasteiger partial charge in [-0.15, -0.1) is 0 Å². The van der Waals surface area contributed by atoms with Gasteiger partial charge in [-0.2, -0.15) is 0 Å². The van der Waals surface area contributed by atoms with Crippen LogP contribution in [0.4, 0.5) is 0 Å². The highest BCUT2D eigenvalue weighted by atomic mass is 79.9. The lowest BCUT2D eigenvalue weighted by atomic mass is 9.90. The Kier molecular flexibility index (Phi) is 6.55. The molecular formula is C17H28BrN. The summed E-state index contributed by atoms with van der Waals surface area (Å²) in [6.45, 7) is 12.3. The summed E-state index contributed by atoms with van der Waals surface area (Å²) in [4.78, 5) is 0. The normalized spacial score (nSPS) is 13.8. The van der Waals surface area contributed by atoms with Gasteiger partial charge >= 0.3 is 0 Å². The SMILES string of the molecule is CC(C)CCC(CNC(C)(C)C)c1cccc(Br)c1. The van der Waals surface area contributed by atoms with Crippen LogP contribution >= 0.6 is 15.9 Å². The van der Waals surface area contributed by atoms with Crippen molar-refractivity contribution < 1.29 is 0 Å². The van der Waals surface area contributed by atoms with Gasteiger partial charge in [0.2, 0.25) is 0 Å². The average Bonchev–Trinajstić information content (AvgIpc) is 2.27. The second kappa shape index (κ2) is 7.44. The van der Waals surface area contributed by atoms with Crippen molar-refractivity contribution in [2.45, 2.75) is 58.9 Å². The number of benzene rings is 1. The van der Waals surface area contributed by atoms with E-state index in [1.165, 1.54) is 22.9 Å². The summed E-state index contributed by atoms with van der Waals surface area (Å²) in [6, 6.07) is 8.74. The van der Waals surface area contributed by atoms with Crippen molar-refractivity contribution in [1.82, 2.24) is 5.32 Å². The summed E-state index contributed by atoms with van der Waals surface area (Å²) in [6.07, 6.45) is 2.53. The zero-order valence-corrected chi connectivity index (χ0v) is 14.5. The van der Waals surface area contributed by atoms with E-state index in [0.29, 0.717) is 5.92 Å². The predicted octanol–water partition coefficient (Wildman–Crippen LogP) is 5.36. The Labute approximate surface area is 127 Å². The van der Waals surface area contributed by atoms with Gasteiger partial charge in [-0.05, 0) is 56.7 Å². The van der Waals surface area contributed by atoms with E-state index in [4.69, 9.17) is 0 Å². The minimum Gasteiger partial charge on any atom is -0.311 e. The van der Waals surface area contributed by atoms with Gasteiger partial charge in [0.25, 0.3) is 0 Å².